The van der Waals surface area contributed by atoms with Crippen LogP contribution in [0.15, 0.2) is 24.4 Å². The van der Waals surface area contributed by atoms with E-state index in [2.05, 4.69) is 30.1 Å². The number of fused-ring (bicyclic) bond motifs is 1. The van der Waals surface area contributed by atoms with Gasteiger partial charge in [-0.1, -0.05) is 18.2 Å². The first-order valence-electron chi connectivity index (χ1n) is 4.37. The van der Waals surface area contributed by atoms with Gasteiger partial charge in [0.15, 0.2) is 0 Å². The maximum absolute atomic E-state index is 5.11. The first-order chi connectivity index (χ1) is 6.33. The molecule has 0 radical (unpaired) electrons. The van der Waals surface area contributed by atoms with E-state index in [-0.39, 0.29) is 0 Å². The first-order valence-corrected chi connectivity index (χ1v) is 4.37. The Morgan fingerprint density at radius 3 is 3.00 bits per heavy atom. The predicted octanol–water partition coefficient (Wildman–Crippen LogP) is 2.62. The minimum absolute atomic E-state index is 0.670. The third-order valence-electron chi connectivity index (χ3n) is 2.31. The van der Waals surface area contributed by atoms with Crippen molar-refractivity contribution in [2.24, 2.45) is 0 Å². The average Bonchev–Trinajstić information content (AvgIpc) is 2.51. The van der Waals surface area contributed by atoms with Gasteiger partial charge >= 0.3 is 0 Å². The van der Waals surface area contributed by atoms with Gasteiger partial charge in [0.05, 0.1) is 6.61 Å². The molecule has 0 spiro atoms. The van der Waals surface area contributed by atoms with Crippen LogP contribution in [-0.4, -0.2) is 12.1 Å². The summed E-state index contributed by atoms with van der Waals surface area (Å²) in [5.74, 6) is 0. The van der Waals surface area contributed by atoms with Crippen molar-refractivity contribution in [2.75, 3.05) is 7.11 Å². The van der Waals surface area contributed by atoms with E-state index in [1.807, 2.05) is 6.20 Å². The largest absolute Gasteiger partial charge is 0.380 e. The van der Waals surface area contributed by atoms with Gasteiger partial charge in [-0.25, -0.2) is 0 Å². The molecule has 2 heteroatoms. The summed E-state index contributed by atoms with van der Waals surface area (Å²) in [6.45, 7) is 2.78. The Kier molecular flexibility index (Phi) is 2.07. The zero-order chi connectivity index (χ0) is 9.26. The van der Waals surface area contributed by atoms with Crippen LogP contribution in [0.1, 0.15) is 11.1 Å². The molecule has 0 aliphatic rings. The number of benzene rings is 1. The smallest absolute Gasteiger partial charge is 0.0733 e. The van der Waals surface area contributed by atoms with E-state index in [9.17, 15) is 0 Å². The lowest BCUT2D eigenvalue weighted by atomic mass is 10.1. The topological polar surface area (TPSA) is 25.0 Å². The molecule has 0 aliphatic carbocycles. The number of aryl methyl sites for hydroxylation is 1. The molecule has 0 saturated heterocycles. The Morgan fingerprint density at radius 2 is 2.23 bits per heavy atom. The van der Waals surface area contributed by atoms with Gasteiger partial charge in [-0.05, 0) is 12.5 Å². The van der Waals surface area contributed by atoms with Crippen molar-refractivity contribution >= 4 is 10.9 Å². The normalized spacial score (nSPS) is 10.9. The maximum atomic E-state index is 5.11. The molecular formula is C11H13NO. The highest BCUT2D eigenvalue weighted by atomic mass is 16.5. The number of aromatic amines is 1. The Balaban J connectivity index is 2.61. The van der Waals surface area contributed by atoms with Gasteiger partial charge in [0.2, 0.25) is 0 Å². The van der Waals surface area contributed by atoms with E-state index < -0.39 is 0 Å². The molecule has 0 aliphatic heterocycles. The van der Waals surface area contributed by atoms with Gasteiger partial charge in [0.1, 0.15) is 0 Å². The minimum Gasteiger partial charge on any atom is -0.380 e. The van der Waals surface area contributed by atoms with Crippen molar-refractivity contribution in [1.29, 1.82) is 0 Å². The highest BCUT2D eigenvalue weighted by Gasteiger charge is 2.03. The highest BCUT2D eigenvalue weighted by Crippen LogP contribution is 2.21. The van der Waals surface area contributed by atoms with Gasteiger partial charge in [-0.2, -0.15) is 0 Å². The molecule has 68 valence electrons. The second kappa shape index (κ2) is 3.23. The lowest BCUT2D eigenvalue weighted by molar-refractivity contribution is 0.186. The van der Waals surface area contributed by atoms with Crippen LogP contribution in [0, 0.1) is 6.92 Å². The fourth-order valence-electron chi connectivity index (χ4n) is 1.64. The van der Waals surface area contributed by atoms with Crippen LogP contribution in [0.25, 0.3) is 10.9 Å². The Morgan fingerprint density at radius 1 is 1.38 bits per heavy atom. The Hall–Kier alpha value is -1.28. The second-order valence-corrected chi connectivity index (χ2v) is 3.24. The lowest BCUT2D eigenvalue weighted by Gasteiger charge is -1.97. The number of aromatic nitrogens is 1. The molecule has 0 amide bonds. The first kappa shape index (κ1) is 8.32. The Bertz CT molecular complexity index is 417. The summed E-state index contributed by atoms with van der Waals surface area (Å²) in [5, 5.41) is 1.27. The fraction of sp³-hybridized carbons (Fsp3) is 0.273. The van der Waals surface area contributed by atoms with Gasteiger partial charge in [0, 0.05) is 29.8 Å². The fourth-order valence-corrected chi connectivity index (χ4v) is 1.64. The summed E-state index contributed by atoms with van der Waals surface area (Å²) < 4.78 is 5.11. The zero-order valence-corrected chi connectivity index (χ0v) is 7.92. The number of para-hydroxylation sites is 1. The SMILES string of the molecule is COCc1c[nH]c2c(C)cccc12. The van der Waals surface area contributed by atoms with Gasteiger partial charge < -0.3 is 9.72 Å². The number of nitrogens with one attached hydrogen (secondary N) is 1. The molecule has 13 heavy (non-hydrogen) atoms. The van der Waals surface area contributed by atoms with Crippen LogP contribution in [0.2, 0.25) is 0 Å². The molecule has 2 nitrogen and oxygen atoms in total. The highest BCUT2D eigenvalue weighted by molar-refractivity contribution is 5.85. The van der Waals surface area contributed by atoms with E-state index >= 15 is 0 Å². The molecule has 0 fully saturated rings. The molecule has 0 saturated carbocycles. The standard InChI is InChI=1S/C11H13NO/c1-8-4-3-5-10-9(7-13-2)6-12-11(8)10/h3-6,12H,7H2,1-2H3. The molecule has 2 rings (SSSR count). The second-order valence-electron chi connectivity index (χ2n) is 3.24. The third-order valence-corrected chi connectivity index (χ3v) is 2.31. The van der Waals surface area contributed by atoms with Crippen LogP contribution < -0.4 is 0 Å². The Labute approximate surface area is 77.5 Å². The third kappa shape index (κ3) is 1.33. The molecule has 0 atom stereocenters. The van der Waals surface area contributed by atoms with Crippen molar-refractivity contribution in [3.63, 3.8) is 0 Å². The van der Waals surface area contributed by atoms with Crippen LogP contribution in [0.4, 0.5) is 0 Å². The van der Waals surface area contributed by atoms with Gasteiger partial charge in [-0.15, -0.1) is 0 Å². The maximum Gasteiger partial charge on any atom is 0.0733 e. The summed E-state index contributed by atoms with van der Waals surface area (Å²) in [5.41, 5.74) is 3.72. The number of ether oxygens (including phenoxy) is 1. The quantitative estimate of drug-likeness (QED) is 0.745. The predicted molar refractivity (Wildman–Crippen MR) is 53.7 cm³/mol. The van der Waals surface area contributed by atoms with Gasteiger partial charge in [-0.3, -0.25) is 0 Å². The molecule has 1 aromatic heterocycles. The number of methoxy groups -OCH3 is 1. The van der Waals surface area contributed by atoms with Crippen LogP contribution in [-0.2, 0) is 11.3 Å². The van der Waals surface area contributed by atoms with Crippen LogP contribution >= 0.6 is 0 Å². The lowest BCUT2D eigenvalue weighted by Crippen LogP contribution is -1.84. The number of rotatable bonds is 2. The van der Waals surface area contributed by atoms with Crippen LogP contribution in [0.5, 0.6) is 0 Å². The van der Waals surface area contributed by atoms with Crippen molar-refractivity contribution in [1.82, 2.24) is 4.98 Å². The van der Waals surface area contributed by atoms with Crippen molar-refractivity contribution < 1.29 is 4.74 Å². The molecule has 1 heterocycles. The van der Waals surface area contributed by atoms with Gasteiger partial charge in [0.25, 0.3) is 0 Å². The molecule has 0 unspecified atom stereocenters. The zero-order valence-electron chi connectivity index (χ0n) is 7.92. The van der Waals surface area contributed by atoms with E-state index in [0.29, 0.717) is 6.61 Å². The monoisotopic (exact) mass is 175 g/mol. The molecule has 2 aromatic rings. The van der Waals surface area contributed by atoms with Crippen molar-refractivity contribution in [2.45, 2.75) is 13.5 Å². The average molecular weight is 175 g/mol. The number of hydrogen-bond donors (Lipinski definition) is 1. The number of hydrogen-bond acceptors (Lipinski definition) is 1. The van der Waals surface area contributed by atoms with E-state index in [0.717, 1.165) is 0 Å². The summed E-state index contributed by atoms with van der Waals surface area (Å²) in [6.07, 6.45) is 2.02. The summed E-state index contributed by atoms with van der Waals surface area (Å²) in [6, 6.07) is 6.30. The van der Waals surface area contributed by atoms with Crippen molar-refractivity contribution in [3.8, 4) is 0 Å². The molecule has 0 bridgehead atoms. The molecule has 1 N–H and O–H groups in total. The number of H-pyrrole nitrogens is 1. The molecule has 1 aromatic carbocycles. The molecular weight excluding hydrogens is 162 g/mol. The van der Waals surface area contributed by atoms with Crippen LogP contribution in [0.3, 0.4) is 0 Å². The summed E-state index contributed by atoms with van der Waals surface area (Å²) >= 11 is 0. The van der Waals surface area contributed by atoms with Crippen molar-refractivity contribution in [3.05, 3.63) is 35.5 Å². The van der Waals surface area contributed by atoms with E-state index in [4.69, 9.17) is 4.74 Å². The summed E-state index contributed by atoms with van der Waals surface area (Å²) in [7, 11) is 1.72. The van der Waals surface area contributed by atoms with E-state index in [1.165, 1.54) is 22.0 Å². The van der Waals surface area contributed by atoms with E-state index in [1.54, 1.807) is 7.11 Å². The summed E-state index contributed by atoms with van der Waals surface area (Å²) in [4.78, 5) is 3.26. The minimum atomic E-state index is 0.670.